The Kier molecular flexibility index (Phi) is 11.9. The average Bonchev–Trinajstić information content (AvgIpc) is 3.04. The van der Waals surface area contributed by atoms with Crippen LogP contribution in [0.5, 0.6) is 23.0 Å². The molecule has 0 aromatic heterocycles. The largest absolute Gasteiger partial charge is 0.493 e. The van der Waals surface area contributed by atoms with Crippen LogP contribution in [0.4, 0.5) is 0 Å². The zero-order chi connectivity index (χ0) is 29.6. The van der Waals surface area contributed by atoms with E-state index >= 15 is 0 Å². The summed E-state index contributed by atoms with van der Waals surface area (Å²) in [5, 5.41) is 0. The summed E-state index contributed by atoms with van der Waals surface area (Å²) in [6.07, 6.45) is 3.66. The van der Waals surface area contributed by atoms with Crippen LogP contribution < -0.4 is 18.9 Å². The highest BCUT2D eigenvalue weighted by Gasteiger charge is 2.25. The van der Waals surface area contributed by atoms with Gasteiger partial charge in [-0.2, -0.15) is 0 Å². The minimum Gasteiger partial charge on any atom is -0.493 e. The van der Waals surface area contributed by atoms with E-state index < -0.39 is 0 Å². The normalized spacial score (nSPS) is 10.7. The Morgan fingerprint density at radius 2 is 0.571 bits per heavy atom. The topological polar surface area (TPSA) is 36.9 Å². The zero-order valence-corrected chi connectivity index (χ0v) is 25.5. The van der Waals surface area contributed by atoms with E-state index in [1.165, 1.54) is 0 Å². The van der Waals surface area contributed by atoms with Crippen molar-refractivity contribution >= 4 is 11.1 Å². The number of hydrogen-bond acceptors (Lipinski definition) is 4. The van der Waals surface area contributed by atoms with Crippen molar-refractivity contribution in [2.24, 2.45) is 0 Å². The molecule has 42 heavy (non-hydrogen) atoms. The highest BCUT2D eigenvalue weighted by Crippen LogP contribution is 2.47. The maximum Gasteiger partial charge on any atom is 0.127 e. The van der Waals surface area contributed by atoms with Crippen LogP contribution in [0.15, 0.2) is 97.1 Å². The van der Waals surface area contributed by atoms with E-state index in [1.807, 2.05) is 24.3 Å². The Hall–Kier alpha value is -4.18. The van der Waals surface area contributed by atoms with Crippen LogP contribution in [0.1, 0.15) is 75.6 Å². The summed E-state index contributed by atoms with van der Waals surface area (Å²) in [5.74, 6) is 3.32. The molecule has 0 N–H and O–H groups in total. The van der Waals surface area contributed by atoms with E-state index in [9.17, 15) is 0 Å². The summed E-state index contributed by atoms with van der Waals surface area (Å²) in [4.78, 5) is 0. The Balaban J connectivity index is 2.18. The van der Waals surface area contributed by atoms with Gasteiger partial charge >= 0.3 is 0 Å². The van der Waals surface area contributed by atoms with E-state index in [2.05, 4.69) is 100 Å². The monoisotopic (exact) mass is 564 g/mol. The Bertz CT molecular complexity index is 1220. The van der Waals surface area contributed by atoms with Crippen molar-refractivity contribution in [2.45, 2.75) is 53.4 Å². The molecule has 0 amide bonds. The smallest absolute Gasteiger partial charge is 0.127 e. The number of para-hydroxylation sites is 4. The number of rotatable bonds is 16. The molecule has 0 saturated heterocycles. The third-order valence-corrected chi connectivity index (χ3v) is 6.72. The summed E-state index contributed by atoms with van der Waals surface area (Å²) in [6.45, 7) is 11.0. The molecule has 0 radical (unpaired) electrons. The van der Waals surface area contributed by atoms with Crippen molar-refractivity contribution in [3.05, 3.63) is 119 Å². The lowest BCUT2D eigenvalue weighted by molar-refractivity contribution is 0.314. The molecule has 4 heteroatoms. The van der Waals surface area contributed by atoms with Crippen LogP contribution >= 0.6 is 0 Å². The second-order valence-corrected chi connectivity index (χ2v) is 10.1. The average molecular weight is 565 g/mol. The SMILES string of the molecule is CCCOc1ccccc1C(=C(c1ccccc1OCCC)c1ccccc1OCCC)c1ccccc1OCCC. The molecule has 4 rings (SSSR count). The third-order valence-electron chi connectivity index (χ3n) is 6.72. The lowest BCUT2D eigenvalue weighted by Crippen LogP contribution is -2.07. The van der Waals surface area contributed by atoms with Gasteiger partial charge in [-0.05, 0) is 49.9 Å². The fourth-order valence-corrected chi connectivity index (χ4v) is 4.87. The molecule has 220 valence electrons. The molecular formula is C38H44O4. The first kappa shape index (κ1) is 30.8. The van der Waals surface area contributed by atoms with Gasteiger partial charge in [0.15, 0.2) is 0 Å². The predicted molar refractivity (Wildman–Crippen MR) is 174 cm³/mol. The van der Waals surface area contributed by atoms with Crippen molar-refractivity contribution < 1.29 is 18.9 Å². The van der Waals surface area contributed by atoms with Crippen molar-refractivity contribution in [1.82, 2.24) is 0 Å². The van der Waals surface area contributed by atoms with Crippen LogP contribution in [-0.2, 0) is 0 Å². The van der Waals surface area contributed by atoms with Crippen LogP contribution in [0.25, 0.3) is 11.1 Å². The van der Waals surface area contributed by atoms with Gasteiger partial charge in [-0.15, -0.1) is 0 Å². The number of ether oxygens (including phenoxy) is 4. The molecule has 0 spiro atoms. The van der Waals surface area contributed by atoms with Gasteiger partial charge in [0.05, 0.1) is 26.4 Å². The van der Waals surface area contributed by atoms with Gasteiger partial charge in [-0.1, -0.05) is 100 Å². The number of benzene rings is 4. The first-order valence-electron chi connectivity index (χ1n) is 15.4. The second kappa shape index (κ2) is 16.3. The maximum absolute atomic E-state index is 6.38. The van der Waals surface area contributed by atoms with Crippen LogP contribution in [0, 0.1) is 0 Å². The van der Waals surface area contributed by atoms with Crippen LogP contribution in [0.3, 0.4) is 0 Å². The van der Waals surface area contributed by atoms with Crippen LogP contribution in [-0.4, -0.2) is 26.4 Å². The van der Waals surface area contributed by atoms with Gasteiger partial charge in [0.1, 0.15) is 23.0 Å². The molecule has 4 aromatic rings. The van der Waals surface area contributed by atoms with Crippen molar-refractivity contribution in [3.8, 4) is 23.0 Å². The summed E-state index contributed by atoms with van der Waals surface area (Å²) in [7, 11) is 0. The standard InChI is InChI=1S/C38H44O4/c1-5-25-39-33-21-13-9-17-29(33)37(30-18-10-14-22-34(30)40-26-6-2)38(31-19-11-15-23-35(31)41-27-7-3)32-20-12-16-24-36(32)42-28-8-4/h9-24H,5-8,25-28H2,1-4H3. The molecule has 0 atom stereocenters. The fourth-order valence-electron chi connectivity index (χ4n) is 4.87. The quantitative estimate of drug-likeness (QED) is 0.127. The minimum atomic E-state index is 0.625. The zero-order valence-electron chi connectivity index (χ0n) is 25.5. The number of hydrogen-bond donors (Lipinski definition) is 0. The first-order valence-corrected chi connectivity index (χ1v) is 15.4. The second-order valence-electron chi connectivity index (χ2n) is 10.1. The first-order chi connectivity index (χ1) is 20.7. The van der Waals surface area contributed by atoms with Crippen molar-refractivity contribution in [1.29, 1.82) is 0 Å². The van der Waals surface area contributed by atoms with Gasteiger partial charge in [-0.25, -0.2) is 0 Å². The molecule has 0 aliphatic heterocycles. The summed E-state index contributed by atoms with van der Waals surface area (Å²) < 4.78 is 25.5. The molecule has 0 saturated carbocycles. The highest BCUT2D eigenvalue weighted by atomic mass is 16.5. The fraction of sp³-hybridized carbons (Fsp3) is 0.316. The molecule has 0 aliphatic carbocycles. The summed E-state index contributed by atoms with van der Waals surface area (Å²) in [6, 6.07) is 33.2. The van der Waals surface area contributed by atoms with E-state index in [1.54, 1.807) is 0 Å². The lowest BCUT2D eigenvalue weighted by atomic mass is 9.84. The molecule has 4 aromatic carbocycles. The molecular weight excluding hydrogens is 520 g/mol. The molecule has 4 nitrogen and oxygen atoms in total. The van der Waals surface area contributed by atoms with E-state index in [-0.39, 0.29) is 0 Å². The molecule has 0 unspecified atom stereocenters. The van der Waals surface area contributed by atoms with Gasteiger partial charge < -0.3 is 18.9 Å². The third kappa shape index (κ3) is 7.55. The molecule has 0 heterocycles. The Labute approximate surface area is 251 Å². The Morgan fingerprint density at radius 1 is 0.357 bits per heavy atom. The van der Waals surface area contributed by atoms with Crippen molar-refractivity contribution in [2.75, 3.05) is 26.4 Å². The summed E-state index contributed by atoms with van der Waals surface area (Å²) >= 11 is 0. The Morgan fingerprint density at radius 3 is 0.786 bits per heavy atom. The molecule has 0 bridgehead atoms. The van der Waals surface area contributed by atoms with Gasteiger partial charge in [0, 0.05) is 33.4 Å². The van der Waals surface area contributed by atoms with Crippen LogP contribution in [0.2, 0.25) is 0 Å². The predicted octanol–water partition coefficient (Wildman–Crippen LogP) is 9.85. The van der Waals surface area contributed by atoms with Gasteiger partial charge in [-0.3, -0.25) is 0 Å². The highest BCUT2D eigenvalue weighted by molar-refractivity contribution is 6.08. The minimum absolute atomic E-state index is 0.625. The molecule has 0 aliphatic rings. The molecule has 0 fully saturated rings. The van der Waals surface area contributed by atoms with E-state index in [4.69, 9.17) is 18.9 Å². The van der Waals surface area contributed by atoms with E-state index in [0.717, 1.165) is 82.1 Å². The van der Waals surface area contributed by atoms with Gasteiger partial charge in [0.2, 0.25) is 0 Å². The maximum atomic E-state index is 6.38. The van der Waals surface area contributed by atoms with Gasteiger partial charge in [0.25, 0.3) is 0 Å². The van der Waals surface area contributed by atoms with E-state index in [0.29, 0.717) is 26.4 Å². The van der Waals surface area contributed by atoms with Crippen molar-refractivity contribution in [3.63, 3.8) is 0 Å². The lowest BCUT2D eigenvalue weighted by Gasteiger charge is -2.24. The summed E-state index contributed by atoms with van der Waals surface area (Å²) in [5.41, 5.74) is 5.98.